The zero-order valence-corrected chi connectivity index (χ0v) is 11.6. The summed E-state index contributed by atoms with van der Waals surface area (Å²) in [5.41, 5.74) is 3.49. The highest BCUT2D eigenvalue weighted by Crippen LogP contribution is 2.39. The first-order chi connectivity index (χ1) is 9.74. The summed E-state index contributed by atoms with van der Waals surface area (Å²) in [6.07, 6.45) is 2.46. The molecule has 20 heavy (non-hydrogen) atoms. The molecule has 0 spiro atoms. The molecule has 2 aromatic carbocycles. The maximum atomic E-state index is 9.70. The first kappa shape index (κ1) is 12.7. The first-order valence-electron chi connectivity index (χ1n) is 6.86. The normalized spacial score (nSPS) is 15.4. The minimum atomic E-state index is -0.309. The molecule has 0 saturated carbocycles. The van der Waals surface area contributed by atoms with Gasteiger partial charge < -0.3 is 4.74 Å². The van der Waals surface area contributed by atoms with E-state index in [-0.39, 0.29) is 5.41 Å². The number of ether oxygens (including phenoxy) is 1. The van der Waals surface area contributed by atoms with Crippen LogP contribution in [0.25, 0.3) is 0 Å². The van der Waals surface area contributed by atoms with Crippen molar-refractivity contribution in [2.24, 2.45) is 5.41 Å². The van der Waals surface area contributed by atoms with Gasteiger partial charge in [-0.25, -0.2) is 0 Å². The molecule has 2 heteroatoms. The number of nitrogens with zero attached hydrogens (tertiary/aromatic N) is 1. The van der Waals surface area contributed by atoms with Crippen molar-refractivity contribution in [1.29, 1.82) is 5.26 Å². The van der Waals surface area contributed by atoms with Crippen LogP contribution in [0.2, 0.25) is 0 Å². The molecule has 0 heterocycles. The van der Waals surface area contributed by atoms with Crippen molar-refractivity contribution in [3.8, 4) is 11.8 Å². The lowest BCUT2D eigenvalue weighted by atomic mass is 9.80. The lowest BCUT2D eigenvalue weighted by molar-refractivity contribution is 0.405. The fourth-order valence-electron chi connectivity index (χ4n) is 3.11. The van der Waals surface area contributed by atoms with Gasteiger partial charge in [-0.2, -0.15) is 5.26 Å². The average molecular weight is 263 g/mol. The molecule has 0 aromatic heterocycles. The molecule has 100 valence electrons. The number of benzene rings is 2. The molecule has 0 unspecified atom stereocenters. The molecule has 1 aliphatic carbocycles. The van der Waals surface area contributed by atoms with Crippen molar-refractivity contribution in [1.82, 2.24) is 0 Å². The molecule has 0 aliphatic heterocycles. The Labute approximate surface area is 119 Å². The van der Waals surface area contributed by atoms with Gasteiger partial charge in [0, 0.05) is 0 Å². The zero-order valence-electron chi connectivity index (χ0n) is 11.6. The highest BCUT2D eigenvalue weighted by atomic mass is 16.5. The van der Waals surface area contributed by atoms with Gasteiger partial charge in [-0.3, -0.25) is 0 Å². The lowest BCUT2D eigenvalue weighted by Crippen LogP contribution is -2.22. The predicted octanol–water partition coefficient (Wildman–Crippen LogP) is 3.55. The Kier molecular flexibility index (Phi) is 3.20. The topological polar surface area (TPSA) is 33.0 Å². The monoisotopic (exact) mass is 263 g/mol. The second-order valence-corrected chi connectivity index (χ2v) is 5.54. The Hall–Kier alpha value is -2.27. The molecule has 2 aromatic rings. The Morgan fingerprint density at radius 2 is 1.80 bits per heavy atom. The van der Waals surface area contributed by atoms with Crippen molar-refractivity contribution in [2.45, 2.75) is 19.3 Å². The minimum Gasteiger partial charge on any atom is -0.497 e. The van der Waals surface area contributed by atoms with Gasteiger partial charge in [-0.05, 0) is 48.1 Å². The van der Waals surface area contributed by atoms with E-state index in [4.69, 9.17) is 4.74 Å². The van der Waals surface area contributed by atoms with Crippen LogP contribution < -0.4 is 4.74 Å². The Balaban J connectivity index is 1.87. The number of methoxy groups -OCH3 is 1. The summed E-state index contributed by atoms with van der Waals surface area (Å²) in [4.78, 5) is 0. The van der Waals surface area contributed by atoms with Gasteiger partial charge in [-0.15, -0.1) is 0 Å². The summed E-state index contributed by atoms with van der Waals surface area (Å²) in [5.74, 6) is 0.853. The van der Waals surface area contributed by atoms with Crippen LogP contribution in [0.4, 0.5) is 0 Å². The maximum absolute atomic E-state index is 9.70. The van der Waals surface area contributed by atoms with E-state index in [9.17, 15) is 5.26 Å². The Morgan fingerprint density at radius 1 is 1.10 bits per heavy atom. The standard InChI is InChI=1S/C18H17NO/c1-20-17-8-4-5-14(9-17)10-18(13-19)11-15-6-2-3-7-16(15)12-18/h2-9H,10-12H2,1H3. The fourth-order valence-corrected chi connectivity index (χ4v) is 3.11. The highest BCUT2D eigenvalue weighted by Gasteiger charge is 2.37. The second kappa shape index (κ2) is 5.02. The molecule has 1 aliphatic rings. The number of fused-ring (bicyclic) bond motifs is 1. The molecule has 0 amide bonds. The van der Waals surface area contributed by atoms with Gasteiger partial charge in [0.2, 0.25) is 0 Å². The molecular formula is C18H17NO. The summed E-state index contributed by atoms with van der Waals surface area (Å²) in [6, 6.07) is 19.0. The van der Waals surface area contributed by atoms with Crippen molar-refractivity contribution >= 4 is 0 Å². The third-order valence-electron chi connectivity index (χ3n) is 4.09. The summed E-state index contributed by atoms with van der Waals surface area (Å²) in [5, 5.41) is 9.70. The zero-order chi connectivity index (χ0) is 14.0. The van der Waals surface area contributed by atoms with Crippen molar-refractivity contribution in [3.05, 3.63) is 65.2 Å². The van der Waals surface area contributed by atoms with E-state index in [1.54, 1.807) is 7.11 Å². The number of rotatable bonds is 3. The molecule has 0 saturated heterocycles. The van der Waals surface area contributed by atoms with Gasteiger partial charge in [0.1, 0.15) is 5.75 Å². The van der Waals surface area contributed by atoms with Crippen LogP contribution in [-0.2, 0) is 19.3 Å². The van der Waals surface area contributed by atoms with Crippen LogP contribution in [0.1, 0.15) is 16.7 Å². The van der Waals surface area contributed by atoms with Crippen LogP contribution in [-0.4, -0.2) is 7.11 Å². The van der Waals surface area contributed by atoms with Gasteiger partial charge in [-0.1, -0.05) is 36.4 Å². The van der Waals surface area contributed by atoms with Gasteiger partial charge in [0.05, 0.1) is 18.6 Å². The second-order valence-electron chi connectivity index (χ2n) is 5.54. The van der Waals surface area contributed by atoms with Crippen molar-refractivity contribution in [2.75, 3.05) is 7.11 Å². The molecule has 0 bridgehead atoms. The van der Waals surface area contributed by atoms with E-state index in [1.807, 2.05) is 18.2 Å². The number of hydrogen-bond acceptors (Lipinski definition) is 2. The quantitative estimate of drug-likeness (QED) is 0.848. The predicted molar refractivity (Wildman–Crippen MR) is 78.6 cm³/mol. The SMILES string of the molecule is COc1cccc(CC2(C#N)Cc3ccccc3C2)c1. The van der Waals surface area contributed by atoms with E-state index in [0.29, 0.717) is 0 Å². The van der Waals surface area contributed by atoms with E-state index in [1.165, 1.54) is 16.7 Å². The highest BCUT2D eigenvalue weighted by molar-refractivity contribution is 5.39. The van der Waals surface area contributed by atoms with Gasteiger partial charge >= 0.3 is 0 Å². The van der Waals surface area contributed by atoms with Gasteiger partial charge in [0.15, 0.2) is 0 Å². The van der Waals surface area contributed by atoms with Crippen molar-refractivity contribution < 1.29 is 4.74 Å². The van der Waals surface area contributed by atoms with Gasteiger partial charge in [0.25, 0.3) is 0 Å². The summed E-state index contributed by atoms with van der Waals surface area (Å²) >= 11 is 0. The van der Waals surface area contributed by atoms with Crippen LogP contribution in [0.3, 0.4) is 0 Å². The Bertz CT molecular complexity index is 644. The van der Waals surface area contributed by atoms with E-state index in [0.717, 1.165) is 25.0 Å². The fraction of sp³-hybridized carbons (Fsp3) is 0.278. The number of nitriles is 1. The number of hydrogen-bond donors (Lipinski definition) is 0. The summed E-state index contributed by atoms with van der Waals surface area (Å²) in [6.45, 7) is 0. The molecule has 3 rings (SSSR count). The average Bonchev–Trinajstić information content (AvgIpc) is 2.86. The van der Waals surface area contributed by atoms with Crippen LogP contribution >= 0.6 is 0 Å². The third kappa shape index (κ3) is 2.28. The molecule has 0 radical (unpaired) electrons. The third-order valence-corrected chi connectivity index (χ3v) is 4.09. The molecule has 2 nitrogen and oxygen atoms in total. The van der Waals surface area contributed by atoms with E-state index in [2.05, 4.69) is 36.4 Å². The van der Waals surface area contributed by atoms with Crippen LogP contribution in [0, 0.1) is 16.7 Å². The van der Waals surface area contributed by atoms with Crippen LogP contribution in [0.15, 0.2) is 48.5 Å². The smallest absolute Gasteiger partial charge is 0.119 e. The maximum Gasteiger partial charge on any atom is 0.119 e. The molecule has 0 fully saturated rings. The minimum absolute atomic E-state index is 0.309. The first-order valence-corrected chi connectivity index (χ1v) is 6.86. The largest absolute Gasteiger partial charge is 0.497 e. The Morgan fingerprint density at radius 3 is 2.40 bits per heavy atom. The molecule has 0 atom stereocenters. The summed E-state index contributed by atoms with van der Waals surface area (Å²) < 4.78 is 5.26. The van der Waals surface area contributed by atoms with E-state index < -0.39 is 0 Å². The van der Waals surface area contributed by atoms with Crippen molar-refractivity contribution in [3.63, 3.8) is 0 Å². The van der Waals surface area contributed by atoms with E-state index >= 15 is 0 Å². The van der Waals surface area contributed by atoms with Crippen LogP contribution in [0.5, 0.6) is 5.75 Å². The molecular weight excluding hydrogens is 246 g/mol. The molecule has 0 N–H and O–H groups in total. The summed E-state index contributed by atoms with van der Waals surface area (Å²) in [7, 11) is 1.67. The lowest BCUT2D eigenvalue weighted by Gasteiger charge is -2.20.